The maximum Gasteiger partial charge on any atom is 0.318 e. The van der Waals surface area contributed by atoms with Crippen molar-refractivity contribution in [3.05, 3.63) is 12.0 Å². The van der Waals surface area contributed by atoms with Gasteiger partial charge in [-0.05, 0) is 26.9 Å². The molecule has 5 nitrogen and oxygen atoms in total. The molecule has 0 aliphatic heterocycles. The van der Waals surface area contributed by atoms with E-state index in [1.54, 1.807) is 0 Å². The maximum atomic E-state index is 12.7. The number of nitrogens with zero attached hydrogens (tertiary/aromatic N) is 2. The van der Waals surface area contributed by atoms with Gasteiger partial charge in [0.05, 0.1) is 6.20 Å². The Kier molecular flexibility index (Phi) is 7.96. The van der Waals surface area contributed by atoms with Gasteiger partial charge in [-0.3, -0.25) is 0 Å². The van der Waals surface area contributed by atoms with E-state index in [0.717, 1.165) is 19.2 Å². The number of nitrogen functional groups attached to an aromatic ring is 1. The van der Waals surface area contributed by atoms with E-state index in [1.165, 1.54) is 0 Å². The molecule has 1 unspecified atom stereocenters. The number of hydrogen-bond acceptors (Lipinski definition) is 5. The summed E-state index contributed by atoms with van der Waals surface area (Å²) < 4.78 is 18.1. The number of ether oxygens (including phenoxy) is 1. The van der Waals surface area contributed by atoms with Gasteiger partial charge in [0.25, 0.3) is 0 Å². The van der Waals surface area contributed by atoms with Crippen LogP contribution < -0.4 is 15.8 Å². The molecule has 0 fully saturated rings. The Labute approximate surface area is 102 Å². The van der Waals surface area contributed by atoms with Gasteiger partial charge >= 0.3 is 6.01 Å². The molecule has 0 bridgehead atoms. The van der Waals surface area contributed by atoms with Crippen molar-refractivity contribution in [3.8, 4) is 6.01 Å². The number of hydrogen-bond donors (Lipinski definition) is 2. The number of rotatable bonds is 5. The number of anilines is 1. The fourth-order valence-electron chi connectivity index (χ4n) is 1.01. The van der Waals surface area contributed by atoms with E-state index in [2.05, 4.69) is 15.3 Å². The SMILES string of the molecule is CC.CNCCC(C)Oc1ncc(F)c(N)n1. The normalized spacial score (nSPS) is 11.4. The first-order valence-corrected chi connectivity index (χ1v) is 5.72. The van der Waals surface area contributed by atoms with Crippen molar-refractivity contribution in [1.82, 2.24) is 15.3 Å². The van der Waals surface area contributed by atoms with Crippen molar-refractivity contribution >= 4 is 5.82 Å². The molecule has 98 valence electrons. The number of nitrogens with two attached hydrogens (primary N) is 1. The second-order valence-electron chi connectivity index (χ2n) is 3.21. The first kappa shape index (κ1) is 15.6. The van der Waals surface area contributed by atoms with Crippen molar-refractivity contribution in [2.24, 2.45) is 0 Å². The number of halogens is 1. The monoisotopic (exact) mass is 244 g/mol. The fraction of sp³-hybridized carbons (Fsp3) is 0.636. The largest absolute Gasteiger partial charge is 0.460 e. The molecule has 0 aliphatic carbocycles. The quantitative estimate of drug-likeness (QED) is 0.823. The van der Waals surface area contributed by atoms with Crippen LogP contribution in [0.5, 0.6) is 6.01 Å². The van der Waals surface area contributed by atoms with Crippen LogP contribution in [-0.2, 0) is 0 Å². The highest BCUT2D eigenvalue weighted by atomic mass is 19.1. The molecule has 0 radical (unpaired) electrons. The Bertz CT molecular complexity index is 322. The van der Waals surface area contributed by atoms with Crippen LogP contribution in [0.4, 0.5) is 10.2 Å². The van der Waals surface area contributed by atoms with Gasteiger partial charge in [0.15, 0.2) is 11.6 Å². The zero-order valence-corrected chi connectivity index (χ0v) is 10.8. The van der Waals surface area contributed by atoms with E-state index in [9.17, 15) is 4.39 Å². The molecular weight excluding hydrogens is 223 g/mol. The summed E-state index contributed by atoms with van der Waals surface area (Å²) in [6.07, 6.45) is 1.78. The van der Waals surface area contributed by atoms with E-state index in [-0.39, 0.29) is 17.9 Å². The molecule has 1 atom stereocenters. The summed E-state index contributed by atoms with van der Waals surface area (Å²) in [5, 5.41) is 3.00. The van der Waals surface area contributed by atoms with Crippen molar-refractivity contribution in [3.63, 3.8) is 0 Å². The topological polar surface area (TPSA) is 73.1 Å². The van der Waals surface area contributed by atoms with E-state index < -0.39 is 5.82 Å². The summed E-state index contributed by atoms with van der Waals surface area (Å²) in [7, 11) is 1.86. The average molecular weight is 244 g/mol. The molecule has 1 aromatic heterocycles. The minimum atomic E-state index is -0.634. The van der Waals surface area contributed by atoms with Gasteiger partial charge in [0.2, 0.25) is 0 Å². The summed E-state index contributed by atoms with van der Waals surface area (Å²) in [4.78, 5) is 7.35. The van der Waals surface area contributed by atoms with Crippen LogP contribution in [-0.4, -0.2) is 29.7 Å². The van der Waals surface area contributed by atoms with Crippen LogP contribution in [0.15, 0.2) is 6.20 Å². The predicted molar refractivity (Wildman–Crippen MR) is 66.4 cm³/mol. The molecule has 0 saturated carbocycles. The highest BCUT2D eigenvalue weighted by molar-refractivity contribution is 5.29. The third kappa shape index (κ3) is 6.01. The highest BCUT2D eigenvalue weighted by Crippen LogP contribution is 2.11. The zero-order valence-electron chi connectivity index (χ0n) is 10.8. The molecule has 1 heterocycles. The van der Waals surface area contributed by atoms with Crippen molar-refractivity contribution in [2.75, 3.05) is 19.3 Å². The molecule has 0 amide bonds. The first-order valence-electron chi connectivity index (χ1n) is 5.72. The Morgan fingerprint density at radius 2 is 2.18 bits per heavy atom. The van der Waals surface area contributed by atoms with Crippen LogP contribution >= 0.6 is 0 Å². The number of aromatic nitrogens is 2. The van der Waals surface area contributed by atoms with E-state index in [0.29, 0.717) is 0 Å². The third-order valence-electron chi connectivity index (χ3n) is 1.86. The maximum absolute atomic E-state index is 12.7. The van der Waals surface area contributed by atoms with Crippen LogP contribution in [0.1, 0.15) is 27.2 Å². The van der Waals surface area contributed by atoms with Gasteiger partial charge < -0.3 is 15.8 Å². The highest BCUT2D eigenvalue weighted by Gasteiger charge is 2.08. The summed E-state index contributed by atoms with van der Waals surface area (Å²) in [5.41, 5.74) is 5.28. The van der Waals surface area contributed by atoms with Crippen LogP contribution in [0.2, 0.25) is 0 Å². The fourth-order valence-corrected chi connectivity index (χ4v) is 1.01. The smallest absolute Gasteiger partial charge is 0.318 e. The van der Waals surface area contributed by atoms with E-state index in [4.69, 9.17) is 10.5 Å². The van der Waals surface area contributed by atoms with E-state index in [1.807, 2.05) is 27.8 Å². The second kappa shape index (κ2) is 8.69. The summed E-state index contributed by atoms with van der Waals surface area (Å²) in [6.45, 7) is 6.72. The predicted octanol–water partition coefficient (Wildman–Crippen LogP) is 1.60. The van der Waals surface area contributed by atoms with Gasteiger partial charge in [-0.25, -0.2) is 9.37 Å². The Hall–Kier alpha value is -1.43. The first-order chi connectivity index (χ1) is 8.13. The third-order valence-corrected chi connectivity index (χ3v) is 1.86. The van der Waals surface area contributed by atoms with Gasteiger partial charge in [-0.2, -0.15) is 4.98 Å². The van der Waals surface area contributed by atoms with Crippen molar-refractivity contribution in [1.29, 1.82) is 0 Å². The number of nitrogens with one attached hydrogen (secondary N) is 1. The molecular formula is C11H21FN4O. The van der Waals surface area contributed by atoms with Crippen molar-refractivity contribution in [2.45, 2.75) is 33.3 Å². The molecule has 3 N–H and O–H groups in total. The lowest BCUT2D eigenvalue weighted by Crippen LogP contribution is -2.20. The Balaban J connectivity index is 0.00000121. The van der Waals surface area contributed by atoms with Crippen molar-refractivity contribution < 1.29 is 9.13 Å². The average Bonchev–Trinajstić information content (AvgIpc) is 2.34. The minimum Gasteiger partial charge on any atom is -0.460 e. The molecule has 0 spiro atoms. The van der Waals surface area contributed by atoms with Gasteiger partial charge in [-0.15, -0.1) is 0 Å². The van der Waals surface area contributed by atoms with Crippen LogP contribution in [0.3, 0.4) is 0 Å². The second-order valence-corrected chi connectivity index (χ2v) is 3.21. The molecule has 0 saturated heterocycles. The summed E-state index contributed by atoms with van der Waals surface area (Å²) in [5.74, 6) is -0.828. The molecule has 0 aliphatic rings. The molecule has 1 rings (SSSR count). The Morgan fingerprint density at radius 3 is 2.71 bits per heavy atom. The van der Waals surface area contributed by atoms with E-state index >= 15 is 0 Å². The summed E-state index contributed by atoms with van der Waals surface area (Å²) >= 11 is 0. The van der Waals surface area contributed by atoms with Gasteiger partial charge in [-0.1, -0.05) is 13.8 Å². The van der Waals surface area contributed by atoms with Crippen LogP contribution in [0.25, 0.3) is 0 Å². The minimum absolute atomic E-state index is 0.0395. The lowest BCUT2D eigenvalue weighted by Gasteiger charge is -2.12. The lowest BCUT2D eigenvalue weighted by atomic mass is 10.3. The molecule has 6 heteroatoms. The standard InChI is InChI=1S/C9H15FN4O.C2H6/c1-6(3-4-12-2)15-9-13-5-7(10)8(11)14-9;1-2/h5-6,12H,3-4H2,1-2H3,(H2,11,13,14);1-2H3. The molecule has 17 heavy (non-hydrogen) atoms. The molecule has 1 aromatic rings. The van der Waals surface area contributed by atoms with Crippen LogP contribution in [0, 0.1) is 5.82 Å². The molecule has 0 aromatic carbocycles. The van der Waals surface area contributed by atoms with Gasteiger partial charge in [0.1, 0.15) is 6.10 Å². The lowest BCUT2D eigenvalue weighted by molar-refractivity contribution is 0.193. The Morgan fingerprint density at radius 1 is 1.53 bits per heavy atom. The van der Waals surface area contributed by atoms with Gasteiger partial charge in [0, 0.05) is 0 Å². The summed E-state index contributed by atoms with van der Waals surface area (Å²) in [6, 6.07) is 0.109. The zero-order chi connectivity index (χ0) is 13.3.